The van der Waals surface area contributed by atoms with E-state index in [9.17, 15) is 4.79 Å². The Bertz CT molecular complexity index is 461. The fourth-order valence-corrected chi connectivity index (χ4v) is 2.83. The van der Waals surface area contributed by atoms with E-state index in [-0.39, 0.29) is 11.9 Å². The minimum Gasteiger partial charge on any atom is -0.339 e. The third-order valence-corrected chi connectivity index (χ3v) is 4.11. The SMILES string of the molecule is CCC1CCNC(C(=O)N(C)Cc2cccc(C)n2)C1. The molecular weight excluding hydrogens is 250 g/mol. The largest absolute Gasteiger partial charge is 0.339 e. The highest BCUT2D eigenvalue weighted by Crippen LogP contribution is 2.20. The van der Waals surface area contributed by atoms with E-state index in [0.717, 1.165) is 30.8 Å². The van der Waals surface area contributed by atoms with Gasteiger partial charge in [-0.2, -0.15) is 0 Å². The molecule has 0 spiro atoms. The first kappa shape index (κ1) is 15.0. The Labute approximate surface area is 121 Å². The minimum atomic E-state index is -0.0245. The Hall–Kier alpha value is -1.42. The molecule has 1 amide bonds. The van der Waals surface area contributed by atoms with E-state index < -0.39 is 0 Å². The van der Waals surface area contributed by atoms with Crippen LogP contribution in [0.2, 0.25) is 0 Å². The van der Waals surface area contributed by atoms with E-state index in [2.05, 4.69) is 17.2 Å². The van der Waals surface area contributed by atoms with Crippen LogP contribution >= 0.6 is 0 Å². The summed E-state index contributed by atoms with van der Waals surface area (Å²) in [4.78, 5) is 18.7. The van der Waals surface area contributed by atoms with Crippen LogP contribution in [0.5, 0.6) is 0 Å². The van der Waals surface area contributed by atoms with Crippen molar-refractivity contribution in [3.05, 3.63) is 29.6 Å². The first-order valence-corrected chi connectivity index (χ1v) is 7.51. The summed E-state index contributed by atoms with van der Waals surface area (Å²) in [5.41, 5.74) is 1.94. The average molecular weight is 275 g/mol. The maximum Gasteiger partial charge on any atom is 0.239 e. The standard InChI is InChI=1S/C16H25N3O/c1-4-13-8-9-17-15(10-13)16(20)19(3)11-14-7-5-6-12(2)18-14/h5-7,13,15,17H,4,8-11H2,1-3H3. The van der Waals surface area contributed by atoms with Crippen LogP contribution in [0.15, 0.2) is 18.2 Å². The van der Waals surface area contributed by atoms with Crippen LogP contribution in [0.1, 0.15) is 37.6 Å². The third-order valence-electron chi connectivity index (χ3n) is 4.11. The smallest absolute Gasteiger partial charge is 0.239 e. The molecule has 0 radical (unpaired) electrons. The van der Waals surface area contributed by atoms with Gasteiger partial charge < -0.3 is 10.2 Å². The second-order valence-corrected chi connectivity index (χ2v) is 5.77. The molecule has 1 saturated heterocycles. The van der Waals surface area contributed by atoms with E-state index in [1.54, 1.807) is 4.90 Å². The molecule has 0 bridgehead atoms. The van der Waals surface area contributed by atoms with Crippen LogP contribution in [0, 0.1) is 12.8 Å². The van der Waals surface area contributed by atoms with Gasteiger partial charge in [0.25, 0.3) is 0 Å². The zero-order chi connectivity index (χ0) is 14.5. The zero-order valence-electron chi connectivity index (χ0n) is 12.7. The van der Waals surface area contributed by atoms with Gasteiger partial charge in [-0.1, -0.05) is 19.4 Å². The molecule has 0 aliphatic carbocycles. The summed E-state index contributed by atoms with van der Waals surface area (Å²) in [6, 6.07) is 5.91. The number of amides is 1. The fourth-order valence-electron chi connectivity index (χ4n) is 2.83. The van der Waals surface area contributed by atoms with E-state index in [4.69, 9.17) is 0 Å². The van der Waals surface area contributed by atoms with Crippen molar-refractivity contribution >= 4 is 5.91 Å². The molecule has 1 aromatic heterocycles. The number of nitrogens with zero attached hydrogens (tertiary/aromatic N) is 2. The Balaban J connectivity index is 1.94. The monoisotopic (exact) mass is 275 g/mol. The van der Waals surface area contributed by atoms with Gasteiger partial charge in [0, 0.05) is 12.7 Å². The highest BCUT2D eigenvalue weighted by Gasteiger charge is 2.28. The van der Waals surface area contributed by atoms with E-state index in [1.165, 1.54) is 6.42 Å². The molecule has 2 atom stereocenters. The van der Waals surface area contributed by atoms with Crippen molar-refractivity contribution in [2.45, 2.75) is 45.7 Å². The van der Waals surface area contributed by atoms with Gasteiger partial charge in [0.05, 0.1) is 18.3 Å². The van der Waals surface area contributed by atoms with Crippen molar-refractivity contribution in [1.82, 2.24) is 15.2 Å². The van der Waals surface area contributed by atoms with Gasteiger partial charge in [-0.3, -0.25) is 9.78 Å². The summed E-state index contributed by atoms with van der Waals surface area (Å²) in [5, 5.41) is 3.35. The summed E-state index contributed by atoms with van der Waals surface area (Å²) in [6.07, 6.45) is 3.30. The van der Waals surface area contributed by atoms with Crippen molar-refractivity contribution in [2.75, 3.05) is 13.6 Å². The van der Waals surface area contributed by atoms with Crippen molar-refractivity contribution < 1.29 is 4.79 Å². The Morgan fingerprint density at radius 2 is 2.30 bits per heavy atom. The van der Waals surface area contributed by atoms with Crippen LogP contribution < -0.4 is 5.32 Å². The van der Waals surface area contributed by atoms with Crippen LogP contribution in [-0.2, 0) is 11.3 Å². The maximum atomic E-state index is 12.5. The normalized spacial score (nSPS) is 22.6. The number of carbonyl (C=O) groups is 1. The number of pyridine rings is 1. The van der Waals surface area contributed by atoms with E-state index >= 15 is 0 Å². The number of hydrogen-bond donors (Lipinski definition) is 1. The average Bonchev–Trinajstić information content (AvgIpc) is 2.46. The number of likely N-dealkylation sites (N-methyl/N-ethyl adjacent to an activating group) is 1. The number of carbonyl (C=O) groups excluding carboxylic acids is 1. The van der Waals surface area contributed by atoms with Crippen LogP contribution in [0.25, 0.3) is 0 Å². The number of aromatic nitrogens is 1. The van der Waals surface area contributed by atoms with Gasteiger partial charge in [-0.15, -0.1) is 0 Å². The first-order chi connectivity index (χ1) is 9.60. The lowest BCUT2D eigenvalue weighted by atomic mass is 9.90. The molecule has 1 aromatic rings. The Morgan fingerprint density at radius 3 is 3.00 bits per heavy atom. The molecule has 20 heavy (non-hydrogen) atoms. The quantitative estimate of drug-likeness (QED) is 0.915. The molecule has 2 rings (SSSR count). The van der Waals surface area contributed by atoms with Crippen molar-refractivity contribution in [1.29, 1.82) is 0 Å². The predicted molar refractivity (Wildman–Crippen MR) is 80.3 cm³/mol. The topological polar surface area (TPSA) is 45.2 Å². The molecule has 0 aromatic carbocycles. The number of hydrogen-bond acceptors (Lipinski definition) is 3. The maximum absolute atomic E-state index is 12.5. The molecule has 2 unspecified atom stereocenters. The molecule has 2 heterocycles. The highest BCUT2D eigenvalue weighted by molar-refractivity contribution is 5.81. The van der Waals surface area contributed by atoms with Gasteiger partial charge in [0.2, 0.25) is 5.91 Å². The molecule has 1 N–H and O–H groups in total. The Morgan fingerprint density at radius 1 is 1.50 bits per heavy atom. The lowest BCUT2D eigenvalue weighted by Gasteiger charge is -2.31. The lowest BCUT2D eigenvalue weighted by molar-refractivity contribution is -0.133. The number of nitrogens with one attached hydrogen (secondary N) is 1. The molecule has 110 valence electrons. The molecule has 4 heteroatoms. The second kappa shape index (κ2) is 6.84. The predicted octanol–water partition coefficient (Wildman–Crippen LogP) is 2.13. The minimum absolute atomic E-state index is 0.0245. The molecule has 1 aliphatic heterocycles. The molecule has 1 aliphatic rings. The third kappa shape index (κ3) is 3.79. The first-order valence-electron chi connectivity index (χ1n) is 7.51. The lowest BCUT2D eigenvalue weighted by Crippen LogP contribution is -2.49. The molecular formula is C16H25N3O. The fraction of sp³-hybridized carbons (Fsp3) is 0.625. The highest BCUT2D eigenvalue weighted by atomic mass is 16.2. The summed E-state index contributed by atoms with van der Waals surface area (Å²) in [7, 11) is 1.86. The van der Waals surface area contributed by atoms with Crippen LogP contribution in [0.3, 0.4) is 0 Å². The van der Waals surface area contributed by atoms with Crippen molar-refractivity contribution in [3.63, 3.8) is 0 Å². The van der Waals surface area contributed by atoms with E-state index in [0.29, 0.717) is 12.5 Å². The molecule has 4 nitrogen and oxygen atoms in total. The van der Waals surface area contributed by atoms with Crippen molar-refractivity contribution in [3.8, 4) is 0 Å². The van der Waals surface area contributed by atoms with Crippen LogP contribution in [-0.4, -0.2) is 35.4 Å². The Kier molecular flexibility index (Phi) is 5.12. The van der Waals surface area contributed by atoms with Gasteiger partial charge in [0.15, 0.2) is 0 Å². The summed E-state index contributed by atoms with van der Waals surface area (Å²) < 4.78 is 0. The van der Waals surface area contributed by atoms with Crippen molar-refractivity contribution in [2.24, 2.45) is 5.92 Å². The van der Waals surface area contributed by atoms with Crippen LogP contribution in [0.4, 0.5) is 0 Å². The summed E-state index contributed by atoms with van der Waals surface area (Å²) >= 11 is 0. The van der Waals surface area contributed by atoms with Gasteiger partial charge in [-0.25, -0.2) is 0 Å². The molecule has 0 saturated carbocycles. The molecule has 1 fully saturated rings. The number of rotatable bonds is 4. The second-order valence-electron chi connectivity index (χ2n) is 5.77. The summed E-state index contributed by atoms with van der Waals surface area (Å²) in [6.45, 7) is 5.71. The summed E-state index contributed by atoms with van der Waals surface area (Å²) in [5.74, 6) is 0.863. The zero-order valence-corrected chi connectivity index (χ0v) is 12.7. The van der Waals surface area contributed by atoms with Gasteiger partial charge in [-0.05, 0) is 44.4 Å². The van der Waals surface area contributed by atoms with Gasteiger partial charge in [0.1, 0.15) is 0 Å². The van der Waals surface area contributed by atoms with Gasteiger partial charge >= 0.3 is 0 Å². The number of piperidine rings is 1. The number of aryl methyl sites for hydroxylation is 1. The van der Waals surface area contributed by atoms with E-state index in [1.807, 2.05) is 32.2 Å².